The van der Waals surface area contributed by atoms with Crippen LogP contribution in [0.2, 0.25) is 0 Å². The highest BCUT2D eigenvalue weighted by Gasteiger charge is 2.52. The van der Waals surface area contributed by atoms with E-state index in [1.807, 2.05) is 42.7 Å². The number of nitrogens with zero attached hydrogens (tertiary/aromatic N) is 1. The number of benzene rings is 5. The molecule has 0 aliphatic heterocycles. The van der Waals surface area contributed by atoms with Gasteiger partial charge in [-0.1, -0.05) is 18.2 Å². The first kappa shape index (κ1) is 46.5. The smallest absolute Gasteiger partial charge is 0.337 e. The molecule has 0 radical (unpaired) electrons. The number of hydrogen-bond donors (Lipinski definition) is 0. The average molecular weight is 907 g/mol. The molecule has 0 amide bonds. The summed E-state index contributed by atoms with van der Waals surface area (Å²) >= 11 is 0. The van der Waals surface area contributed by atoms with Crippen LogP contribution in [-0.2, 0) is 11.3 Å². The maximum atomic E-state index is 15.4. The molecule has 0 aliphatic carbocycles. The molecular weight excluding hydrogens is 893 g/mol. The predicted octanol–water partition coefficient (Wildman–Crippen LogP) is 7.66. The number of esters is 1. The summed E-state index contributed by atoms with van der Waals surface area (Å²) in [5.41, 5.74) is -12.6. The van der Waals surface area contributed by atoms with E-state index in [1.165, 1.54) is 7.11 Å². The van der Waals surface area contributed by atoms with Crippen LogP contribution < -0.4 is 26.4 Å². The molecule has 62 heavy (non-hydrogen) atoms. The Morgan fingerprint density at radius 1 is 0.403 bits per heavy atom. The Kier molecular flexibility index (Phi) is 13.0. The van der Waals surface area contributed by atoms with E-state index in [9.17, 15) is 57.5 Å². The zero-order valence-corrected chi connectivity index (χ0v) is 29.8. The summed E-state index contributed by atoms with van der Waals surface area (Å²) in [6, 6.07) is 13.4. The Hall–Kier alpha value is -6.62. The number of carbonyl (C=O) groups is 1. The van der Waals surface area contributed by atoms with E-state index >= 15 is 35.1 Å². The van der Waals surface area contributed by atoms with Crippen LogP contribution in [0.15, 0.2) is 54.9 Å². The second-order valence-electron chi connectivity index (χ2n) is 12.5. The third kappa shape index (κ3) is 7.33. The minimum Gasteiger partial charge on any atom is -0.465 e. The van der Waals surface area contributed by atoms with Gasteiger partial charge in [-0.25, -0.2) is 97.2 Å². The second kappa shape index (κ2) is 17.4. The van der Waals surface area contributed by atoms with E-state index in [-0.39, 0.29) is 5.97 Å². The number of methoxy groups -OCH3 is 1. The van der Waals surface area contributed by atoms with Gasteiger partial charge in [0, 0.05) is 17.7 Å². The molecule has 5 aromatic carbocycles. The molecule has 0 N–H and O–H groups in total. The Bertz CT molecular complexity index is 2390. The van der Waals surface area contributed by atoms with Crippen molar-refractivity contribution in [2.75, 3.05) is 7.11 Å². The van der Waals surface area contributed by atoms with Gasteiger partial charge < -0.3 is 4.74 Å². The Labute approximate surface area is 331 Å². The number of hydrogen-bond acceptors (Lipinski definition) is 2. The normalized spacial score (nSPS) is 11.4. The van der Waals surface area contributed by atoms with Crippen LogP contribution in [0.4, 0.5) is 87.8 Å². The van der Waals surface area contributed by atoms with Gasteiger partial charge in [-0.15, -0.1) is 21.9 Å². The number of rotatable bonds is 7. The number of pyridine rings is 1. The molecule has 0 unspecified atom stereocenters. The van der Waals surface area contributed by atoms with Gasteiger partial charge in [-0.2, -0.15) is 0 Å². The first-order valence-corrected chi connectivity index (χ1v) is 16.3. The molecule has 6 aromatic rings. The van der Waals surface area contributed by atoms with E-state index in [1.54, 1.807) is 12.1 Å². The molecule has 1 heterocycles. The van der Waals surface area contributed by atoms with Crippen LogP contribution in [0.25, 0.3) is 0 Å². The first-order chi connectivity index (χ1) is 29.0. The minimum absolute atomic E-state index is 0.302. The summed E-state index contributed by atoms with van der Waals surface area (Å²) in [6.07, 6.45) is -3.20. The summed E-state index contributed by atoms with van der Waals surface area (Å²) in [4.78, 5) is 11.3. The standard InChI is InChI=1S/C24BF20.C14H14NO2/c26-5-1(6(27)14(35)21(42)13(5)34)25(2-7(28)15(36)22(43)16(37)8(2)29,3-9(30)17(38)23(44)18(39)10(3)31)4-11(32)19(40)24(45)20(41)12(4)33;1-17-14(16)13-7-5-12(6-8-13)11-15-9-3-2-4-10-15/h;2-10H,11H2,1H3/q-1;+1. The molecular formula is C38H14BF20NO2. The van der Waals surface area contributed by atoms with Crippen LogP contribution >= 0.6 is 0 Å². The van der Waals surface area contributed by atoms with Crippen molar-refractivity contribution in [1.82, 2.24) is 0 Å². The number of carbonyl (C=O) groups excluding carboxylic acids is 1. The lowest BCUT2D eigenvalue weighted by Crippen LogP contribution is -2.81. The van der Waals surface area contributed by atoms with Crippen LogP contribution in [0, 0.1) is 116 Å². The first-order valence-electron chi connectivity index (χ1n) is 16.3. The van der Waals surface area contributed by atoms with Gasteiger partial charge >= 0.3 is 5.97 Å². The highest BCUT2D eigenvalue weighted by atomic mass is 19.2. The highest BCUT2D eigenvalue weighted by molar-refractivity contribution is 7.20. The molecule has 1 aromatic heterocycles. The molecule has 0 fully saturated rings. The third-order valence-electron chi connectivity index (χ3n) is 9.22. The van der Waals surface area contributed by atoms with Gasteiger partial charge in [0.05, 0.1) is 12.7 Å². The lowest BCUT2D eigenvalue weighted by Gasteiger charge is -2.44. The van der Waals surface area contributed by atoms with E-state index in [0.29, 0.717) is 5.56 Å². The van der Waals surface area contributed by atoms with E-state index in [4.69, 9.17) is 0 Å². The summed E-state index contributed by atoms with van der Waals surface area (Å²) < 4.78 is 301. The van der Waals surface area contributed by atoms with Gasteiger partial charge in [0.2, 0.25) is 0 Å². The topological polar surface area (TPSA) is 30.2 Å². The number of aromatic nitrogens is 1. The van der Waals surface area contributed by atoms with Gasteiger partial charge in [0.25, 0.3) is 0 Å². The van der Waals surface area contributed by atoms with E-state index in [2.05, 4.69) is 9.30 Å². The van der Waals surface area contributed by atoms with Crippen LogP contribution in [0.5, 0.6) is 0 Å². The van der Waals surface area contributed by atoms with Gasteiger partial charge in [-0.05, 0) is 12.1 Å². The van der Waals surface area contributed by atoms with Crippen LogP contribution in [-0.4, -0.2) is 19.2 Å². The fourth-order valence-corrected chi connectivity index (χ4v) is 6.49. The molecule has 24 heteroatoms. The lowest BCUT2D eigenvalue weighted by molar-refractivity contribution is -0.688. The third-order valence-corrected chi connectivity index (χ3v) is 9.22. The molecule has 3 nitrogen and oxygen atoms in total. The van der Waals surface area contributed by atoms with Crippen molar-refractivity contribution in [3.8, 4) is 0 Å². The Morgan fingerprint density at radius 2 is 0.645 bits per heavy atom. The SMILES string of the molecule is COC(=O)c1ccc(C[n+]2ccccc2)cc1.Fc1c(F)c(F)c([B-](c2c(F)c(F)c(F)c(F)c2F)(c2c(F)c(F)c(F)c(F)c2F)c2c(F)c(F)c(F)c(F)c2F)c(F)c1F. The van der Waals surface area contributed by atoms with Crippen LogP contribution in [0.1, 0.15) is 15.9 Å². The van der Waals surface area contributed by atoms with Gasteiger partial charge in [0.15, 0.2) is 88.7 Å². The summed E-state index contributed by atoms with van der Waals surface area (Å²) in [5.74, 6) is -71.7. The van der Waals surface area contributed by atoms with Crippen molar-refractivity contribution in [2.45, 2.75) is 6.54 Å². The van der Waals surface area contributed by atoms with Crippen molar-refractivity contribution in [2.24, 2.45) is 0 Å². The molecule has 326 valence electrons. The summed E-state index contributed by atoms with van der Waals surface area (Å²) in [5, 5.41) is 0. The molecule has 0 bridgehead atoms. The maximum absolute atomic E-state index is 15.4. The van der Waals surface area contributed by atoms with Crippen molar-refractivity contribution in [3.63, 3.8) is 0 Å². The van der Waals surface area contributed by atoms with Gasteiger partial charge in [-0.3, -0.25) is 0 Å². The minimum atomic E-state index is -7.22. The molecule has 0 saturated heterocycles. The molecule has 0 aliphatic rings. The number of halogens is 20. The molecule has 0 atom stereocenters. The van der Waals surface area contributed by atoms with Crippen molar-refractivity contribution >= 4 is 34.0 Å². The van der Waals surface area contributed by atoms with Crippen molar-refractivity contribution in [3.05, 3.63) is 182 Å². The van der Waals surface area contributed by atoms with E-state index < -0.39 is 144 Å². The molecule has 0 saturated carbocycles. The fourth-order valence-electron chi connectivity index (χ4n) is 6.49. The quantitative estimate of drug-likeness (QED) is 0.0412. The zero-order chi connectivity index (χ0) is 46.4. The zero-order valence-electron chi connectivity index (χ0n) is 29.8. The predicted molar refractivity (Wildman–Crippen MR) is 173 cm³/mol. The summed E-state index contributed by atoms with van der Waals surface area (Å²) in [7, 11) is 1.38. The van der Waals surface area contributed by atoms with Crippen LogP contribution in [0.3, 0.4) is 0 Å². The van der Waals surface area contributed by atoms with Gasteiger partial charge in [0.1, 0.15) is 52.7 Å². The van der Waals surface area contributed by atoms with Crippen molar-refractivity contribution < 1.29 is 102 Å². The van der Waals surface area contributed by atoms with Crippen molar-refractivity contribution in [1.29, 1.82) is 0 Å². The number of ether oxygens (including phenoxy) is 1. The summed E-state index contributed by atoms with van der Waals surface area (Å²) in [6.45, 7) is 0.794. The molecule has 0 spiro atoms. The Balaban J connectivity index is 0.000000355. The monoisotopic (exact) mass is 907 g/mol. The largest absolute Gasteiger partial charge is 0.465 e. The lowest BCUT2D eigenvalue weighted by atomic mass is 9.12. The Morgan fingerprint density at radius 3 is 0.887 bits per heavy atom. The highest BCUT2D eigenvalue weighted by Crippen LogP contribution is 2.30. The fraction of sp³-hybridized carbons (Fsp3) is 0.0526. The van der Waals surface area contributed by atoms with E-state index in [0.717, 1.165) is 12.1 Å². The average Bonchev–Trinajstić information content (AvgIpc) is 3.26. The molecule has 6 rings (SSSR count). The maximum Gasteiger partial charge on any atom is 0.337 e. The second-order valence-corrected chi connectivity index (χ2v) is 12.5.